The molecule has 9 nitrogen and oxygen atoms in total. The molecule has 0 fully saturated rings. The first-order chi connectivity index (χ1) is 15.5. The zero-order chi connectivity index (χ0) is 22.8. The molecule has 0 saturated heterocycles. The van der Waals surface area contributed by atoms with Crippen LogP contribution in [0.4, 0.5) is 0 Å². The van der Waals surface area contributed by atoms with Gasteiger partial charge < -0.3 is 23.5 Å². The predicted octanol–water partition coefficient (Wildman–Crippen LogP) is 3.48. The Balaban J connectivity index is 1.99. The normalized spacial score (nSPS) is 11.9. The fourth-order valence-electron chi connectivity index (χ4n) is 3.45. The van der Waals surface area contributed by atoms with E-state index in [1.54, 1.807) is 39.3 Å². The van der Waals surface area contributed by atoms with Crippen molar-refractivity contribution in [3.63, 3.8) is 0 Å². The summed E-state index contributed by atoms with van der Waals surface area (Å²) in [4.78, 5) is 9.63. The van der Waals surface area contributed by atoms with Gasteiger partial charge in [-0.2, -0.15) is 12.6 Å². The number of fused-ring (bicyclic) bond motifs is 1. The number of methoxy groups -OCH3 is 4. The molecule has 0 spiro atoms. The number of hydrogen-bond acceptors (Lipinski definition) is 9. The van der Waals surface area contributed by atoms with Crippen molar-refractivity contribution in [3.05, 3.63) is 48.3 Å². The van der Waals surface area contributed by atoms with Gasteiger partial charge in [-0.25, -0.2) is 9.97 Å². The predicted molar refractivity (Wildman–Crippen MR) is 123 cm³/mol. The summed E-state index contributed by atoms with van der Waals surface area (Å²) in [6.45, 7) is 0. The molecule has 0 radical (unpaired) electrons. The fraction of sp³-hybridized carbons (Fsp3) is 0.273. The Morgan fingerprint density at radius 1 is 0.844 bits per heavy atom. The summed E-state index contributed by atoms with van der Waals surface area (Å²) in [5.41, 5.74) is 2.19. The van der Waals surface area contributed by atoms with E-state index in [2.05, 4.69) is 10.2 Å². The Kier molecular flexibility index (Phi) is 6.04. The van der Waals surface area contributed by atoms with Crippen molar-refractivity contribution >= 4 is 23.5 Å². The molecular formula is C22H23N5O4S. The van der Waals surface area contributed by atoms with Gasteiger partial charge in [0.25, 0.3) is 0 Å². The van der Waals surface area contributed by atoms with E-state index in [0.717, 1.165) is 10.9 Å². The third kappa shape index (κ3) is 3.77. The number of aryl methyl sites for hydroxylation is 1. The lowest BCUT2D eigenvalue weighted by Gasteiger charge is -2.16. The quantitative estimate of drug-likeness (QED) is 0.425. The van der Waals surface area contributed by atoms with Crippen LogP contribution in [0.25, 0.3) is 22.2 Å². The molecule has 2 heterocycles. The molecule has 0 aliphatic rings. The van der Waals surface area contributed by atoms with Crippen LogP contribution in [-0.2, 0) is 7.05 Å². The van der Waals surface area contributed by atoms with Gasteiger partial charge in [-0.1, -0.05) is 0 Å². The number of rotatable bonds is 7. The van der Waals surface area contributed by atoms with Gasteiger partial charge in [0.1, 0.15) is 17.4 Å². The van der Waals surface area contributed by atoms with Crippen LogP contribution in [0.15, 0.2) is 36.7 Å². The third-order valence-corrected chi connectivity index (χ3v) is 5.57. The minimum atomic E-state index is -0.487. The average molecular weight is 454 g/mol. The number of thiol groups is 1. The topological polar surface area (TPSA) is 93.4 Å². The highest BCUT2D eigenvalue weighted by atomic mass is 32.1. The van der Waals surface area contributed by atoms with Crippen LogP contribution in [0.2, 0.25) is 0 Å². The first-order valence-electron chi connectivity index (χ1n) is 9.68. The standard InChI is InChI=1S/C22H23N5O4S/c1-27-11-23-26-22(27)20(32)21-24-14-10-18(31-5)17(30-4)9-13(14)19(25-21)12-6-7-15(28-2)16(8-12)29-3/h6-11,20,32H,1-5H3. The lowest BCUT2D eigenvalue weighted by Crippen LogP contribution is -2.08. The van der Waals surface area contributed by atoms with E-state index in [9.17, 15) is 0 Å². The maximum Gasteiger partial charge on any atom is 0.162 e. The Hall–Kier alpha value is -3.53. The Labute approximate surface area is 190 Å². The van der Waals surface area contributed by atoms with Crippen LogP contribution in [0, 0.1) is 0 Å². The Bertz CT molecular complexity index is 1280. The number of aromatic nitrogens is 5. The summed E-state index contributed by atoms with van der Waals surface area (Å²) >= 11 is 4.74. The second kappa shape index (κ2) is 8.91. The van der Waals surface area contributed by atoms with E-state index in [-0.39, 0.29) is 0 Å². The first kappa shape index (κ1) is 21.7. The van der Waals surface area contributed by atoms with Crippen LogP contribution in [0.1, 0.15) is 16.9 Å². The van der Waals surface area contributed by atoms with Gasteiger partial charge in [0.15, 0.2) is 28.8 Å². The molecule has 2 aromatic heterocycles. The van der Waals surface area contributed by atoms with E-state index >= 15 is 0 Å². The maximum atomic E-state index is 5.51. The summed E-state index contributed by atoms with van der Waals surface area (Å²) < 4.78 is 23.7. The highest BCUT2D eigenvalue weighted by Crippen LogP contribution is 2.39. The number of ether oxygens (including phenoxy) is 4. The molecule has 0 saturated carbocycles. The van der Waals surface area contributed by atoms with Crippen molar-refractivity contribution < 1.29 is 18.9 Å². The largest absolute Gasteiger partial charge is 0.493 e. The molecule has 1 atom stereocenters. The molecule has 0 aliphatic heterocycles. The highest BCUT2D eigenvalue weighted by Gasteiger charge is 2.22. The van der Waals surface area contributed by atoms with Gasteiger partial charge in [-0.3, -0.25) is 0 Å². The van der Waals surface area contributed by atoms with Gasteiger partial charge in [0.2, 0.25) is 0 Å². The lowest BCUT2D eigenvalue weighted by atomic mass is 10.0. The molecule has 0 N–H and O–H groups in total. The first-order valence-corrected chi connectivity index (χ1v) is 10.2. The highest BCUT2D eigenvalue weighted by molar-refractivity contribution is 7.80. The minimum absolute atomic E-state index is 0.480. The molecule has 1 unspecified atom stereocenters. The van der Waals surface area contributed by atoms with Crippen LogP contribution in [-0.4, -0.2) is 53.2 Å². The fourth-order valence-corrected chi connectivity index (χ4v) is 3.80. The van der Waals surface area contributed by atoms with Crippen LogP contribution in [0.3, 0.4) is 0 Å². The SMILES string of the molecule is COc1ccc(-c2nc(C(S)c3nncn3C)nc3cc(OC)c(OC)cc23)cc1OC. The van der Waals surface area contributed by atoms with Crippen molar-refractivity contribution in [1.29, 1.82) is 0 Å². The third-order valence-electron chi connectivity index (χ3n) is 5.11. The molecule has 2 aromatic carbocycles. The van der Waals surface area contributed by atoms with Crippen molar-refractivity contribution in [1.82, 2.24) is 24.7 Å². The number of benzene rings is 2. The molecule has 10 heteroatoms. The van der Waals surface area contributed by atoms with Gasteiger partial charge in [0.05, 0.1) is 39.6 Å². The van der Waals surface area contributed by atoms with E-state index in [0.29, 0.717) is 45.9 Å². The van der Waals surface area contributed by atoms with Gasteiger partial charge in [0, 0.05) is 24.1 Å². The van der Waals surface area contributed by atoms with E-state index < -0.39 is 5.25 Å². The Morgan fingerprint density at radius 3 is 2.12 bits per heavy atom. The average Bonchev–Trinajstić information content (AvgIpc) is 3.26. The minimum Gasteiger partial charge on any atom is -0.493 e. The summed E-state index contributed by atoms with van der Waals surface area (Å²) in [6.07, 6.45) is 1.61. The molecule has 0 bridgehead atoms. The van der Waals surface area contributed by atoms with Crippen LogP contribution < -0.4 is 18.9 Å². The monoisotopic (exact) mass is 453 g/mol. The summed E-state index contributed by atoms with van der Waals surface area (Å²) in [5.74, 6) is 3.47. The van der Waals surface area contributed by atoms with Crippen molar-refractivity contribution in [2.75, 3.05) is 28.4 Å². The second-order valence-electron chi connectivity index (χ2n) is 6.93. The zero-order valence-electron chi connectivity index (χ0n) is 18.4. The zero-order valence-corrected chi connectivity index (χ0v) is 19.3. The second-order valence-corrected chi connectivity index (χ2v) is 7.44. The molecule has 32 heavy (non-hydrogen) atoms. The van der Waals surface area contributed by atoms with Gasteiger partial charge in [-0.15, -0.1) is 10.2 Å². The molecular weight excluding hydrogens is 430 g/mol. The van der Waals surface area contributed by atoms with Crippen molar-refractivity contribution in [2.45, 2.75) is 5.25 Å². The van der Waals surface area contributed by atoms with E-state index in [1.165, 1.54) is 0 Å². The van der Waals surface area contributed by atoms with Crippen molar-refractivity contribution in [2.24, 2.45) is 7.05 Å². The van der Waals surface area contributed by atoms with E-state index in [1.807, 2.05) is 37.4 Å². The molecule has 4 rings (SSSR count). The van der Waals surface area contributed by atoms with Gasteiger partial charge in [-0.05, 0) is 24.3 Å². The van der Waals surface area contributed by atoms with Gasteiger partial charge >= 0.3 is 0 Å². The number of hydrogen-bond donors (Lipinski definition) is 1. The van der Waals surface area contributed by atoms with E-state index in [4.69, 9.17) is 41.5 Å². The summed E-state index contributed by atoms with van der Waals surface area (Å²) in [6, 6.07) is 9.31. The summed E-state index contributed by atoms with van der Waals surface area (Å²) in [5, 5.41) is 8.41. The lowest BCUT2D eigenvalue weighted by molar-refractivity contribution is 0.355. The van der Waals surface area contributed by atoms with Crippen LogP contribution >= 0.6 is 12.6 Å². The summed E-state index contributed by atoms with van der Waals surface area (Å²) in [7, 11) is 8.22. The van der Waals surface area contributed by atoms with Crippen molar-refractivity contribution in [3.8, 4) is 34.3 Å². The smallest absolute Gasteiger partial charge is 0.162 e. The molecule has 0 aliphatic carbocycles. The molecule has 4 aromatic rings. The maximum absolute atomic E-state index is 5.51. The van der Waals surface area contributed by atoms with Crippen LogP contribution in [0.5, 0.6) is 23.0 Å². The number of nitrogens with zero attached hydrogens (tertiary/aromatic N) is 5. The Morgan fingerprint density at radius 2 is 1.50 bits per heavy atom. The molecule has 0 amide bonds. The molecule has 166 valence electrons.